The average Bonchev–Trinajstić information content (AvgIpc) is 2.30. The molecule has 2 nitrogen and oxygen atoms in total. The molecule has 0 spiro atoms. The summed E-state index contributed by atoms with van der Waals surface area (Å²) in [4.78, 5) is 3.92. The molecule has 1 aliphatic carbocycles. The number of nitrogens with zero attached hydrogens (tertiary/aromatic N) is 2. The van der Waals surface area contributed by atoms with E-state index in [9.17, 15) is 0 Å². The van der Waals surface area contributed by atoms with Gasteiger partial charge in [0.15, 0.2) is 0 Å². The van der Waals surface area contributed by atoms with Crippen LogP contribution in [0, 0.1) is 11.3 Å². The fourth-order valence-electron chi connectivity index (χ4n) is 1.94. The van der Waals surface area contributed by atoms with Crippen LogP contribution in [0.5, 0.6) is 0 Å². The molecule has 0 aliphatic heterocycles. The Balaban J connectivity index is 2.43. The summed E-state index contributed by atoms with van der Waals surface area (Å²) in [7, 11) is 0. The number of halogens is 1. The van der Waals surface area contributed by atoms with Gasteiger partial charge in [-0.25, -0.2) is 4.98 Å². The largest absolute Gasteiger partial charge is 0.243 e. The lowest BCUT2D eigenvalue weighted by atomic mass is 9.88. The van der Waals surface area contributed by atoms with E-state index >= 15 is 0 Å². The van der Waals surface area contributed by atoms with Crippen molar-refractivity contribution >= 4 is 11.6 Å². The Morgan fingerprint density at radius 1 is 1.53 bits per heavy atom. The third-order valence-electron chi connectivity index (χ3n) is 2.70. The smallest absolute Gasteiger partial charge is 0.147 e. The Kier molecular flexibility index (Phi) is 3.03. The summed E-state index contributed by atoms with van der Waals surface area (Å²) in [6.07, 6.45) is 9.40. The van der Waals surface area contributed by atoms with Gasteiger partial charge in [-0.3, -0.25) is 0 Å². The van der Waals surface area contributed by atoms with Crippen LogP contribution in [-0.2, 0) is 0 Å². The number of aromatic nitrogens is 1. The molecule has 1 aliphatic rings. The quantitative estimate of drug-likeness (QED) is 0.535. The summed E-state index contributed by atoms with van der Waals surface area (Å²) < 4.78 is 0. The molecule has 0 unspecified atom stereocenters. The third kappa shape index (κ3) is 2.03. The number of rotatable bonds is 1. The maximum atomic E-state index is 9.03. The molecule has 1 heterocycles. The van der Waals surface area contributed by atoms with Crippen molar-refractivity contribution in [2.75, 3.05) is 0 Å². The number of nitriles is 1. The fourth-order valence-corrected chi connectivity index (χ4v) is 2.15. The average molecular weight is 219 g/mol. The Hall–Kier alpha value is -1.33. The molecule has 0 N–H and O–H groups in total. The molecule has 0 amide bonds. The summed E-state index contributed by atoms with van der Waals surface area (Å²) in [6, 6.07) is 4.03. The van der Waals surface area contributed by atoms with Crippen LogP contribution in [-0.4, -0.2) is 4.98 Å². The van der Waals surface area contributed by atoms with Crippen LogP contribution >= 0.6 is 11.6 Å². The van der Waals surface area contributed by atoms with E-state index in [1.807, 2.05) is 6.07 Å². The molecule has 0 saturated carbocycles. The molecule has 2 rings (SSSR count). The van der Waals surface area contributed by atoms with Gasteiger partial charge in [0.05, 0.1) is 5.56 Å². The van der Waals surface area contributed by atoms with Gasteiger partial charge < -0.3 is 0 Å². The van der Waals surface area contributed by atoms with Crippen molar-refractivity contribution in [3.05, 3.63) is 40.7 Å². The van der Waals surface area contributed by atoms with Gasteiger partial charge in [-0.1, -0.05) is 23.8 Å². The van der Waals surface area contributed by atoms with Crippen molar-refractivity contribution in [2.24, 2.45) is 0 Å². The second-order valence-corrected chi connectivity index (χ2v) is 4.00. The number of hydrogen-bond acceptors (Lipinski definition) is 2. The predicted octanol–water partition coefficient (Wildman–Crippen LogP) is 3.43. The Bertz CT molecular complexity index is 432. The minimum atomic E-state index is 0.314. The SMILES string of the molecule is N#Cc1c([C@@H]2C=CCCC2)ccnc1Cl. The topological polar surface area (TPSA) is 36.7 Å². The van der Waals surface area contributed by atoms with Gasteiger partial charge >= 0.3 is 0 Å². The first kappa shape index (κ1) is 10.2. The van der Waals surface area contributed by atoms with E-state index < -0.39 is 0 Å². The van der Waals surface area contributed by atoms with E-state index in [0.717, 1.165) is 18.4 Å². The molecule has 0 saturated heterocycles. The minimum absolute atomic E-state index is 0.314. The molecule has 76 valence electrons. The summed E-state index contributed by atoms with van der Waals surface area (Å²) in [5, 5.41) is 9.35. The van der Waals surface area contributed by atoms with Gasteiger partial charge in [0.1, 0.15) is 11.2 Å². The standard InChI is InChI=1S/C12H11ClN2/c13-12-11(8-14)10(6-7-15-12)9-4-2-1-3-5-9/h2,4,6-7,9H,1,3,5H2/t9-/m1/s1. The third-order valence-corrected chi connectivity index (χ3v) is 2.99. The van der Waals surface area contributed by atoms with Gasteiger partial charge in [0.2, 0.25) is 0 Å². The molecule has 1 atom stereocenters. The lowest BCUT2D eigenvalue weighted by Crippen LogP contribution is -2.03. The molecule has 15 heavy (non-hydrogen) atoms. The van der Waals surface area contributed by atoms with Crippen molar-refractivity contribution in [3.8, 4) is 6.07 Å². The van der Waals surface area contributed by atoms with Crippen LogP contribution in [0.4, 0.5) is 0 Å². The molecule has 0 bridgehead atoms. The zero-order chi connectivity index (χ0) is 10.7. The van der Waals surface area contributed by atoms with Crippen LogP contribution in [0.1, 0.15) is 36.3 Å². The highest BCUT2D eigenvalue weighted by atomic mass is 35.5. The molecular formula is C12H11ClN2. The Morgan fingerprint density at radius 3 is 3.07 bits per heavy atom. The van der Waals surface area contributed by atoms with Crippen LogP contribution in [0.15, 0.2) is 24.4 Å². The molecule has 1 aromatic rings. The number of hydrogen-bond donors (Lipinski definition) is 0. The summed E-state index contributed by atoms with van der Waals surface area (Å²) in [5.74, 6) is 0.328. The second kappa shape index (κ2) is 4.46. The molecule has 0 radical (unpaired) electrons. The van der Waals surface area contributed by atoms with E-state index in [4.69, 9.17) is 16.9 Å². The van der Waals surface area contributed by atoms with Crippen LogP contribution in [0.25, 0.3) is 0 Å². The first-order valence-corrected chi connectivity index (χ1v) is 5.42. The van der Waals surface area contributed by atoms with Gasteiger partial charge in [-0.05, 0) is 30.9 Å². The van der Waals surface area contributed by atoms with E-state index in [1.165, 1.54) is 6.42 Å². The van der Waals surface area contributed by atoms with Crippen molar-refractivity contribution in [1.82, 2.24) is 4.98 Å². The number of allylic oxidation sites excluding steroid dienone is 2. The number of pyridine rings is 1. The van der Waals surface area contributed by atoms with Crippen LogP contribution in [0.3, 0.4) is 0 Å². The van der Waals surface area contributed by atoms with Gasteiger partial charge in [0, 0.05) is 12.1 Å². The van der Waals surface area contributed by atoms with Crippen molar-refractivity contribution in [3.63, 3.8) is 0 Å². The molecule has 0 fully saturated rings. The molecule has 0 aromatic carbocycles. The van der Waals surface area contributed by atoms with E-state index in [-0.39, 0.29) is 0 Å². The maximum Gasteiger partial charge on any atom is 0.147 e. The fraction of sp³-hybridized carbons (Fsp3) is 0.333. The lowest BCUT2D eigenvalue weighted by molar-refractivity contribution is 0.652. The van der Waals surface area contributed by atoms with Crippen LogP contribution < -0.4 is 0 Å². The van der Waals surface area contributed by atoms with Crippen molar-refractivity contribution in [1.29, 1.82) is 5.26 Å². The minimum Gasteiger partial charge on any atom is -0.243 e. The molecular weight excluding hydrogens is 208 g/mol. The highest BCUT2D eigenvalue weighted by Gasteiger charge is 2.16. The first-order valence-electron chi connectivity index (χ1n) is 5.04. The first-order chi connectivity index (χ1) is 7.33. The highest BCUT2D eigenvalue weighted by molar-refractivity contribution is 6.30. The maximum absolute atomic E-state index is 9.03. The Labute approximate surface area is 94.2 Å². The van der Waals surface area contributed by atoms with Crippen molar-refractivity contribution in [2.45, 2.75) is 25.2 Å². The van der Waals surface area contributed by atoms with E-state index in [2.05, 4.69) is 23.2 Å². The second-order valence-electron chi connectivity index (χ2n) is 3.64. The van der Waals surface area contributed by atoms with Crippen LogP contribution in [0.2, 0.25) is 5.15 Å². The molecule has 3 heteroatoms. The lowest BCUT2D eigenvalue weighted by Gasteiger charge is -2.17. The molecule has 1 aromatic heterocycles. The zero-order valence-electron chi connectivity index (χ0n) is 8.28. The predicted molar refractivity (Wildman–Crippen MR) is 59.7 cm³/mol. The zero-order valence-corrected chi connectivity index (χ0v) is 9.04. The normalized spacial score (nSPS) is 19.9. The van der Waals surface area contributed by atoms with E-state index in [0.29, 0.717) is 16.6 Å². The Morgan fingerprint density at radius 2 is 2.40 bits per heavy atom. The van der Waals surface area contributed by atoms with Gasteiger partial charge in [-0.15, -0.1) is 0 Å². The highest BCUT2D eigenvalue weighted by Crippen LogP contribution is 2.31. The summed E-state index contributed by atoms with van der Waals surface area (Å²) >= 11 is 5.89. The van der Waals surface area contributed by atoms with Gasteiger partial charge in [-0.2, -0.15) is 5.26 Å². The van der Waals surface area contributed by atoms with E-state index in [1.54, 1.807) is 6.20 Å². The summed E-state index contributed by atoms with van der Waals surface area (Å²) in [6.45, 7) is 0. The summed E-state index contributed by atoms with van der Waals surface area (Å²) in [5.41, 5.74) is 1.53. The monoisotopic (exact) mass is 218 g/mol. The van der Waals surface area contributed by atoms with Gasteiger partial charge in [0.25, 0.3) is 0 Å². The van der Waals surface area contributed by atoms with Crippen molar-refractivity contribution < 1.29 is 0 Å².